The molecule has 2 aromatic heterocycles. The van der Waals surface area contributed by atoms with Gasteiger partial charge in [0.15, 0.2) is 11.6 Å². The van der Waals surface area contributed by atoms with Gasteiger partial charge in [-0.25, -0.2) is 4.98 Å². The summed E-state index contributed by atoms with van der Waals surface area (Å²) in [6.45, 7) is 7.48. The molecule has 6 nitrogen and oxygen atoms in total. The third kappa shape index (κ3) is 3.47. The Balaban J connectivity index is 1.65. The van der Waals surface area contributed by atoms with Crippen molar-refractivity contribution >= 4 is 5.91 Å². The van der Waals surface area contributed by atoms with E-state index in [1.165, 1.54) is 0 Å². The van der Waals surface area contributed by atoms with Crippen molar-refractivity contribution in [1.29, 1.82) is 0 Å². The fourth-order valence-electron chi connectivity index (χ4n) is 3.14. The predicted molar refractivity (Wildman–Crippen MR) is 87.8 cm³/mol. The molecule has 1 fully saturated rings. The molecule has 0 bridgehead atoms. The van der Waals surface area contributed by atoms with Gasteiger partial charge in [0.05, 0.1) is 5.92 Å². The number of imidazole rings is 1. The highest BCUT2D eigenvalue weighted by atomic mass is 16.3. The van der Waals surface area contributed by atoms with Gasteiger partial charge in [-0.2, -0.15) is 0 Å². The number of carbonyl (C=O) groups excluding carboxylic acids is 1. The maximum absolute atomic E-state index is 11.4. The maximum atomic E-state index is 11.4. The van der Waals surface area contributed by atoms with E-state index in [2.05, 4.69) is 14.5 Å². The van der Waals surface area contributed by atoms with Crippen LogP contribution in [0.25, 0.3) is 11.6 Å². The van der Waals surface area contributed by atoms with Gasteiger partial charge in [0, 0.05) is 32.0 Å². The van der Waals surface area contributed by atoms with Crippen molar-refractivity contribution in [2.45, 2.75) is 33.2 Å². The minimum Gasteiger partial charge on any atom is -0.458 e. The first kappa shape index (κ1) is 15.8. The van der Waals surface area contributed by atoms with Crippen molar-refractivity contribution in [3.63, 3.8) is 0 Å². The van der Waals surface area contributed by atoms with Crippen molar-refractivity contribution < 1.29 is 9.21 Å². The van der Waals surface area contributed by atoms with Gasteiger partial charge < -0.3 is 19.6 Å². The average Bonchev–Trinajstić information content (AvgIpc) is 3.12. The van der Waals surface area contributed by atoms with Gasteiger partial charge in [0.25, 0.3) is 0 Å². The van der Waals surface area contributed by atoms with Gasteiger partial charge in [0.1, 0.15) is 5.76 Å². The van der Waals surface area contributed by atoms with Gasteiger partial charge in [-0.15, -0.1) is 0 Å². The van der Waals surface area contributed by atoms with Crippen LogP contribution in [-0.2, 0) is 11.3 Å². The lowest BCUT2D eigenvalue weighted by molar-refractivity contribution is -0.123. The van der Waals surface area contributed by atoms with Crippen molar-refractivity contribution in [3.8, 4) is 11.6 Å². The summed E-state index contributed by atoms with van der Waals surface area (Å²) < 4.78 is 7.88. The van der Waals surface area contributed by atoms with E-state index < -0.39 is 0 Å². The number of hydrogen-bond donors (Lipinski definition) is 1. The number of carbonyl (C=O) groups is 1. The zero-order chi connectivity index (χ0) is 16.4. The van der Waals surface area contributed by atoms with Crippen LogP contribution in [0.2, 0.25) is 0 Å². The molecule has 0 spiro atoms. The summed E-state index contributed by atoms with van der Waals surface area (Å²) in [6, 6.07) is 2.03. The molecule has 0 aliphatic carbocycles. The van der Waals surface area contributed by atoms with E-state index in [-0.39, 0.29) is 11.8 Å². The average molecular weight is 316 g/mol. The highest BCUT2D eigenvalue weighted by molar-refractivity contribution is 5.76. The monoisotopic (exact) mass is 316 g/mol. The number of nitrogens with two attached hydrogens (primary N) is 1. The summed E-state index contributed by atoms with van der Waals surface area (Å²) in [5, 5.41) is 0. The van der Waals surface area contributed by atoms with Crippen molar-refractivity contribution in [3.05, 3.63) is 29.8 Å². The quantitative estimate of drug-likeness (QED) is 0.914. The van der Waals surface area contributed by atoms with Gasteiger partial charge >= 0.3 is 0 Å². The molecular formula is C17H24N4O2. The van der Waals surface area contributed by atoms with E-state index in [1.54, 1.807) is 6.20 Å². The van der Waals surface area contributed by atoms with Crippen LogP contribution in [0.15, 0.2) is 22.9 Å². The van der Waals surface area contributed by atoms with Crippen molar-refractivity contribution in [2.24, 2.45) is 11.7 Å². The first-order valence-corrected chi connectivity index (χ1v) is 8.15. The molecule has 0 unspecified atom stereocenters. The number of aromatic nitrogens is 2. The molecule has 0 saturated carbocycles. The third-order valence-corrected chi connectivity index (χ3v) is 4.67. The highest BCUT2D eigenvalue weighted by Crippen LogP contribution is 2.24. The van der Waals surface area contributed by atoms with Crippen LogP contribution in [-0.4, -0.2) is 40.0 Å². The number of rotatable bonds is 5. The van der Waals surface area contributed by atoms with Crippen LogP contribution in [0.5, 0.6) is 0 Å². The van der Waals surface area contributed by atoms with Crippen LogP contribution >= 0.6 is 0 Å². The second kappa shape index (κ2) is 6.58. The van der Waals surface area contributed by atoms with Crippen LogP contribution in [0.3, 0.4) is 0 Å². The van der Waals surface area contributed by atoms with Crippen LogP contribution in [0, 0.1) is 19.8 Å². The summed E-state index contributed by atoms with van der Waals surface area (Å²) in [5.41, 5.74) is 6.58. The first-order chi connectivity index (χ1) is 11.0. The van der Waals surface area contributed by atoms with E-state index in [0.717, 1.165) is 61.9 Å². The molecular weight excluding hydrogens is 292 g/mol. The van der Waals surface area contributed by atoms with Gasteiger partial charge in [-0.05, 0) is 44.9 Å². The Kier molecular flexibility index (Phi) is 4.52. The lowest BCUT2D eigenvalue weighted by atomic mass is 9.97. The van der Waals surface area contributed by atoms with E-state index in [9.17, 15) is 4.79 Å². The third-order valence-electron chi connectivity index (χ3n) is 4.67. The number of hydrogen-bond acceptors (Lipinski definition) is 4. The van der Waals surface area contributed by atoms with Gasteiger partial charge in [0.2, 0.25) is 5.91 Å². The number of primary amides is 1. The number of nitrogens with zero attached hydrogens (tertiary/aromatic N) is 3. The highest BCUT2D eigenvalue weighted by Gasteiger charge is 2.23. The molecule has 1 aliphatic rings. The lowest BCUT2D eigenvalue weighted by Gasteiger charge is -2.31. The summed E-state index contributed by atoms with van der Waals surface area (Å²) >= 11 is 0. The molecule has 2 N–H and O–H groups in total. The number of likely N-dealkylation sites (tertiary alicyclic amines) is 1. The zero-order valence-corrected chi connectivity index (χ0v) is 13.8. The maximum Gasteiger partial charge on any atom is 0.221 e. The fraction of sp³-hybridized carbons (Fsp3) is 0.529. The molecule has 2 aromatic rings. The molecule has 1 atom stereocenters. The predicted octanol–water partition coefficient (Wildman–Crippen LogP) is 1.96. The summed E-state index contributed by atoms with van der Waals surface area (Å²) in [4.78, 5) is 18.1. The minimum atomic E-state index is -0.181. The molecule has 1 aliphatic heterocycles. The Morgan fingerprint density at radius 2 is 2.26 bits per heavy atom. The number of amides is 1. The van der Waals surface area contributed by atoms with Gasteiger partial charge in [-0.1, -0.05) is 0 Å². The van der Waals surface area contributed by atoms with E-state index in [0.29, 0.717) is 0 Å². The van der Waals surface area contributed by atoms with Crippen LogP contribution < -0.4 is 5.73 Å². The Morgan fingerprint density at radius 3 is 2.96 bits per heavy atom. The smallest absolute Gasteiger partial charge is 0.221 e. The second-order valence-corrected chi connectivity index (χ2v) is 6.34. The fourth-order valence-corrected chi connectivity index (χ4v) is 3.14. The molecule has 1 amide bonds. The first-order valence-electron chi connectivity index (χ1n) is 8.15. The Morgan fingerprint density at radius 1 is 1.43 bits per heavy atom. The zero-order valence-electron chi connectivity index (χ0n) is 13.8. The van der Waals surface area contributed by atoms with E-state index in [4.69, 9.17) is 10.2 Å². The molecule has 1 saturated heterocycles. The van der Waals surface area contributed by atoms with Crippen molar-refractivity contribution in [2.75, 3.05) is 19.6 Å². The van der Waals surface area contributed by atoms with E-state index in [1.807, 2.05) is 26.1 Å². The largest absolute Gasteiger partial charge is 0.458 e. The van der Waals surface area contributed by atoms with Crippen LogP contribution in [0.4, 0.5) is 0 Å². The Hall–Kier alpha value is -2.08. The second-order valence-electron chi connectivity index (χ2n) is 6.34. The number of furan rings is 1. The standard InChI is InChI=1S/C17H24N4O2/c1-12-10-15(23-13(12)2)17-19-5-7-21(17)9-8-20-6-3-4-14(11-20)16(18)22/h5,7,10,14H,3-4,6,8-9,11H2,1-2H3,(H2,18,22)/t14-/m0/s1. The molecule has 124 valence electrons. The molecule has 6 heteroatoms. The van der Waals surface area contributed by atoms with Crippen molar-refractivity contribution in [1.82, 2.24) is 14.5 Å². The SMILES string of the molecule is Cc1cc(-c2nccn2CCN2CCC[C@H](C(N)=O)C2)oc1C. The Labute approximate surface area is 136 Å². The minimum absolute atomic E-state index is 0.0126. The Bertz CT molecular complexity index is 669. The lowest BCUT2D eigenvalue weighted by Crippen LogP contribution is -2.42. The number of aryl methyl sites for hydroxylation is 2. The van der Waals surface area contributed by atoms with Gasteiger partial charge in [-0.3, -0.25) is 4.79 Å². The molecule has 0 aromatic carbocycles. The topological polar surface area (TPSA) is 77.3 Å². The summed E-state index contributed by atoms with van der Waals surface area (Å²) in [7, 11) is 0. The normalized spacial score (nSPS) is 19.1. The summed E-state index contributed by atoms with van der Waals surface area (Å²) in [6.07, 6.45) is 5.71. The summed E-state index contributed by atoms with van der Waals surface area (Å²) in [5.74, 6) is 2.39. The van der Waals surface area contributed by atoms with Crippen LogP contribution in [0.1, 0.15) is 24.2 Å². The molecule has 0 radical (unpaired) electrons. The number of piperidine rings is 1. The molecule has 3 heterocycles. The van der Waals surface area contributed by atoms with E-state index >= 15 is 0 Å². The molecule has 3 rings (SSSR count). The molecule has 23 heavy (non-hydrogen) atoms.